The third-order valence-electron chi connectivity index (χ3n) is 5.80. The normalized spacial score (nSPS) is 29.8. The summed E-state index contributed by atoms with van der Waals surface area (Å²) in [6.45, 7) is 0. The van der Waals surface area contributed by atoms with Gasteiger partial charge in [-0.2, -0.15) is 0 Å². The number of aromatic nitrogens is 4. The maximum absolute atomic E-state index is 13.8. The van der Waals surface area contributed by atoms with Gasteiger partial charge in [-0.15, -0.1) is 0 Å². The minimum atomic E-state index is -1.31. The molecule has 0 amide bonds. The van der Waals surface area contributed by atoms with E-state index in [0.717, 1.165) is 0 Å². The van der Waals surface area contributed by atoms with E-state index >= 15 is 0 Å². The molecule has 10 heteroatoms. The smallest absolute Gasteiger partial charge is 0.167 e. The fourth-order valence-electron chi connectivity index (χ4n) is 4.11. The predicted molar refractivity (Wildman–Crippen MR) is 111 cm³/mol. The van der Waals surface area contributed by atoms with E-state index in [2.05, 4.69) is 32.1 Å². The van der Waals surface area contributed by atoms with Crippen molar-refractivity contribution in [2.24, 2.45) is 0 Å². The van der Waals surface area contributed by atoms with E-state index in [1.165, 1.54) is 29.4 Å². The molecular formula is C22H21F2N5O3. The highest BCUT2D eigenvalue weighted by Gasteiger charge is 2.43. The first kappa shape index (κ1) is 20.8. The van der Waals surface area contributed by atoms with Crippen LogP contribution in [0.2, 0.25) is 0 Å². The number of imidazole rings is 1. The first-order valence-corrected chi connectivity index (χ1v) is 10.4. The number of benzene rings is 1. The zero-order valence-corrected chi connectivity index (χ0v) is 16.9. The summed E-state index contributed by atoms with van der Waals surface area (Å²) in [7, 11) is 0. The summed E-state index contributed by atoms with van der Waals surface area (Å²) in [4.78, 5) is 12.8. The fourth-order valence-corrected chi connectivity index (χ4v) is 4.11. The van der Waals surface area contributed by atoms with Gasteiger partial charge in [-0.3, -0.25) is 4.57 Å². The molecule has 1 aliphatic heterocycles. The second kappa shape index (κ2) is 8.43. The molecular weight excluding hydrogens is 420 g/mol. The van der Waals surface area contributed by atoms with Gasteiger partial charge >= 0.3 is 0 Å². The monoisotopic (exact) mass is 441 g/mol. The number of hydrogen-bond donors (Lipinski definition) is 3. The number of fused-ring (bicyclic) bond motifs is 1. The standard InChI is InChI=1S/C22H21F2N5O3/c23-13-6-7-14(9-13)28-20-17-21(26-10-25-20)29(11-27-17)22-19(31)18(30)16(32-22)8-5-12-3-1-2-4-15(12)24/h1-4,10-11,13-14,16,18-19,22,30-31H,6-7,9H2,(H,25,26,28)/t13?,14?,16-,18-,19-,22-/m1/s1. The second-order valence-corrected chi connectivity index (χ2v) is 7.98. The van der Waals surface area contributed by atoms with Gasteiger partial charge in [0.15, 0.2) is 23.2 Å². The molecule has 2 unspecified atom stereocenters. The van der Waals surface area contributed by atoms with Crippen LogP contribution in [-0.2, 0) is 4.74 Å². The van der Waals surface area contributed by atoms with Gasteiger partial charge in [0.05, 0.1) is 11.9 Å². The molecule has 2 aromatic heterocycles. The molecule has 5 rings (SSSR count). The van der Waals surface area contributed by atoms with Crippen molar-refractivity contribution in [3.05, 3.63) is 48.3 Å². The molecule has 3 N–H and O–H groups in total. The van der Waals surface area contributed by atoms with Gasteiger partial charge in [0.2, 0.25) is 0 Å². The average molecular weight is 441 g/mol. The Labute approximate surface area is 182 Å². The summed E-state index contributed by atoms with van der Waals surface area (Å²) < 4.78 is 34.6. The third kappa shape index (κ3) is 3.79. The quantitative estimate of drug-likeness (QED) is 0.534. The first-order chi connectivity index (χ1) is 15.5. The highest BCUT2D eigenvalue weighted by atomic mass is 19.1. The van der Waals surface area contributed by atoms with Gasteiger partial charge in [0, 0.05) is 6.04 Å². The Morgan fingerprint density at radius 1 is 1.12 bits per heavy atom. The largest absolute Gasteiger partial charge is 0.386 e. The lowest BCUT2D eigenvalue weighted by Crippen LogP contribution is -2.31. The summed E-state index contributed by atoms with van der Waals surface area (Å²) in [6, 6.07) is 5.97. The molecule has 1 aromatic carbocycles. The molecule has 3 aromatic rings. The van der Waals surface area contributed by atoms with Gasteiger partial charge in [-0.1, -0.05) is 24.0 Å². The Hall–Kier alpha value is -3.13. The van der Waals surface area contributed by atoms with Crippen LogP contribution in [0.3, 0.4) is 0 Å². The van der Waals surface area contributed by atoms with Crippen molar-refractivity contribution in [2.45, 2.75) is 56.0 Å². The van der Waals surface area contributed by atoms with Gasteiger partial charge in [-0.05, 0) is 31.4 Å². The van der Waals surface area contributed by atoms with Crippen LogP contribution in [0.5, 0.6) is 0 Å². The van der Waals surface area contributed by atoms with Crippen LogP contribution in [0.4, 0.5) is 14.6 Å². The van der Waals surface area contributed by atoms with Crippen LogP contribution in [0.25, 0.3) is 11.2 Å². The Balaban J connectivity index is 1.39. The molecule has 1 aliphatic carbocycles. The van der Waals surface area contributed by atoms with Crippen molar-refractivity contribution >= 4 is 17.0 Å². The predicted octanol–water partition coefficient (Wildman–Crippen LogP) is 1.94. The number of halogens is 2. The van der Waals surface area contributed by atoms with Crippen LogP contribution in [0.1, 0.15) is 31.1 Å². The zero-order chi connectivity index (χ0) is 22.2. The van der Waals surface area contributed by atoms with E-state index in [1.807, 2.05) is 0 Å². The maximum atomic E-state index is 13.8. The van der Waals surface area contributed by atoms with Crippen LogP contribution in [-0.4, -0.2) is 60.3 Å². The molecule has 0 radical (unpaired) electrons. The van der Waals surface area contributed by atoms with Crippen LogP contribution in [0.15, 0.2) is 36.9 Å². The van der Waals surface area contributed by atoms with Crippen molar-refractivity contribution in [1.29, 1.82) is 0 Å². The lowest BCUT2D eigenvalue weighted by molar-refractivity contribution is -0.0230. The second-order valence-electron chi connectivity index (χ2n) is 7.98. The highest BCUT2D eigenvalue weighted by Crippen LogP contribution is 2.33. The Morgan fingerprint density at radius 3 is 2.75 bits per heavy atom. The lowest BCUT2D eigenvalue weighted by Gasteiger charge is -2.16. The van der Waals surface area contributed by atoms with Crippen LogP contribution < -0.4 is 5.32 Å². The number of alkyl halides is 1. The summed E-state index contributed by atoms with van der Waals surface area (Å²) >= 11 is 0. The topological polar surface area (TPSA) is 105 Å². The van der Waals surface area contributed by atoms with Crippen LogP contribution in [0, 0.1) is 17.7 Å². The van der Waals surface area contributed by atoms with E-state index in [-0.39, 0.29) is 11.6 Å². The van der Waals surface area contributed by atoms with Gasteiger partial charge in [0.25, 0.3) is 0 Å². The molecule has 1 saturated carbocycles. The van der Waals surface area contributed by atoms with E-state index in [9.17, 15) is 19.0 Å². The van der Waals surface area contributed by atoms with Gasteiger partial charge in [-0.25, -0.2) is 23.7 Å². The summed E-state index contributed by atoms with van der Waals surface area (Å²) in [5, 5.41) is 24.2. The molecule has 166 valence electrons. The molecule has 32 heavy (non-hydrogen) atoms. The number of nitrogens with one attached hydrogen (secondary N) is 1. The molecule has 8 nitrogen and oxygen atoms in total. The van der Waals surface area contributed by atoms with Crippen molar-refractivity contribution in [2.75, 3.05) is 5.32 Å². The molecule has 0 spiro atoms. The number of rotatable bonds is 3. The van der Waals surface area contributed by atoms with E-state index in [1.54, 1.807) is 12.1 Å². The number of aliphatic hydroxyl groups excluding tert-OH is 2. The maximum Gasteiger partial charge on any atom is 0.167 e. The number of nitrogens with zero attached hydrogens (tertiary/aromatic N) is 4. The minimum Gasteiger partial charge on any atom is -0.386 e. The SMILES string of the molecule is O[C@@H]1[C@H](O)[C@@H](C#Cc2ccccc2F)O[C@H]1n1cnc2c(NC3CCC(F)C3)ncnc21. The van der Waals surface area contributed by atoms with Gasteiger partial charge < -0.3 is 20.3 Å². The van der Waals surface area contributed by atoms with Crippen molar-refractivity contribution < 1.29 is 23.7 Å². The minimum absolute atomic E-state index is 0.0403. The zero-order valence-electron chi connectivity index (χ0n) is 16.9. The summed E-state index contributed by atoms with van der Waals surface area (Å²) in [5.41, 5.74) is 0.998. The molecule has 2 aliphatic rings. The number of ether oxygens (including phenoxy) is 1. The average Bonchev–Trinajstić information content (AvgIpc) is 3.47. The van der Waals surface area contributed by atoms with E-state index in [4.69, 9.17) is 4.74 Å². The number of hydrogen-bond acceptors (Lipinski definition) is 7. The Kier molecular flexibility index (Phi) is 5.46. The highest BCUT2D eigenvalue weighted by molar-refractivity contribution is 5.82. The Morgan fingerprint density at radius 2 is 1.97 bits per heavy atom. The number of aliphatic hydroxyl groups is 2. The van der Waals surface area contributed by atoms with Crippen molar-refractivity contribution in [1.82, 2.24) is 19.5 Å². The summed E-state index contributed by atoms with van der Waals surface area (Å²) in [5.74, 6) is 5.32. The lowest BCUT2D eigenvalue weighted by atomic mass is 10.1. The van der Waals surface area contributed by atoms with E-state index < -0.39 is 36.5 Å². The van der Waals surface area contributed by atoms with E-state index in [0.29, 0.717) is 36.2 Å². The Bertz CT molecular complexity index is 1190. The first-order valence-electron chi connectivity index (χ1n) is 10.4. The molecule has 0 bridgehead atoms. The number of anilines is 1. The van der Waals surface area contributed by atoms with Gasteiger partial charge in [0.1, 0.15) is 36.6 Å². The molecule has 2 fully saturated rings. The van der Waals surface area contributed by atoms with Crippen LogP contribution >= 0.6 is 0 Å². The molecule has 3 heterocycles. The third-order valence-corrected chi connectivity index (χ3v) is 5.80. The summed E-state index contributed by atoms with van der Waals surface area (Å²) in [6.07, 6.45) is -1.08. The molecule has 1 saturated heterocycles. The van der Waals surface area contributed by atoms with Crippen molar-refractivity contribution in [3.8, 4) is 11.8 Å². The molecule has 6 atom stereocenters. The fraction of sp³-hybridized carbons (Fsp3) is 0.409. The van der Waals surface area contributed by atoms with Crippen molar-refractivity contribution in [3.63, 3.8) is 0 Å².